The molecule has 22 heavy (non-hydrogen) atoms. The average molecular weight is 318 g/mol. The Bertz CT molecular complexity index is 538. The number of unbranched alkanes of at least 4 members (excludes halogenated alkanes) is 3. The Morgan fingerprint density at radius 3 is 2.77 bits per heavy atom. The second-order valence-electron chi connectivity index (χ2n) is 5.13. The van der Waals surface area contributed by atoms with Gasteiger partial charge in [-0.2, -0.15) is 0 Å². The number of nitrogen functional groups attached to an aromatic ring is 1. The maximum absolute atomic E-state index is 12.0. The number of carbonyl (C=O) groups is 1. The Morgan fingerprint density at radius 1 is 1.36 bits per heavy atom. The van der Waals surface area contributed by atoms with E-state index >= 15 is 0 Å². The summed E-state index contributed by atoms with van der Waals surface area (Å²) in [5.74, 6) is 0.0263. The first kappa shape index (κ1) is 18.4. The maximum Gasteiger partial charge on any atom is 0.224 e. The molecule has 0 heterocycles. The fourth-order valence-corrected chi connectivity index (χ4v) is 2.73. The van der Waals surface area contributed by atoms with Gasteiger partial charge in [0.25, 0.3) is 0 Å². The summed E-state index contributed by atoms with van der Waals surface area (Å²) in [7, 11) is 0. The Labute approximate surface area is 138 Å². The highest BCUT2D eigenvalue weighted by atomic mass is 32.2. The summed E-state index contributed by atoms with van der Waals surface area (Å²) in [6.07, 6.45) is 10.6. The van der Waals surface area contributed by atoms with Crippen LogP contribution in [0.4, 0.5) is 11.4 Å². The molecule has 1 amide bonds. The van der Waals surface area contributed by atoms with Crippen LogP contribution in [0.5, 0.6) is 0 Å². The predicted octanol–water partition coefficient (Wildman–Crippen LogP) is 5.07. The largest absolute Gasteiger partial charge is 0.397 e. The number of rotatable bonds is 9. The molecule has 1 rings (SSSR count). The van der Waals surface area contributed by atoms with E-state index in [-0.39, 0.29) is 5.91 Å². The molecule has 0 saturated heterocycles. The summed E-state index contributed by atoms with van der Waals surface area (Å²) in [5, 5.41) is 2.92. The third-order valence-electron chi connectivity index (χ3n) is 3.36. The van der Waals surface area contributed by atoms with Crippen molar-refractivity contribution >= 4 is 33.9 Å². The minimum atomic E-state index is 0.0263. The van der Waals surface area contributed by atoms with E-state index in [1.165, 1.54) is 12.8 Å². The molecule has 0 unspecified atom stereocenters. The highest BCUT2D eigenvalue weighted by molar-refractivity contribution is 8.07. The summed E-state index contributed by atoms with van der Waals surface area (Å²) < 4.78 is 0. The van der Waals surface area contributed by atoms with Crippen LogP contribution in [0.25, 0.3) is 4.91 Å². The van der Waals surface area contributed by atoms with Crippen LogP contribution in [-0.4, -0.2) is 12.2 Å². The quantitative estimate of drug-likeness (QED) is 0.380. The number of nitrogens with one attached hydrogen (secondary N) is 1. The third-order valence-corrected chi connectivity index (χ3v) is 4.17. The predicted molar refractivity (Wildman–Crippen MR) is 99.9 cm³/mol. The Balaban J connectivity index is 2.75. The van der Waals surface area contributed by atoms with Crippen molar-refractivity contribution in [2.75, 3.05) is 17.3 Å². The van der Waals surface area contributed by atoms with E-state index in [0.29, 0.717) is 17.8 Å². The van der Waals surface area contributed by atoms with Crippen molar-refractivity contribution in [3.63, 3.8) is 0 Å². The molecule has 0 aliphatic heterocycles. The number of hydrogen-bond acceptors (Lipinski definition) is 3. The summed E-state index contributed by atoms with van der Waals surface area (Å²) in [6.45, 7) is 5.89. The molecule has 0 spiro atoms. The molecule has 0 bridgehead atoms. The second kappa shape index (κ2) is 10.1. The van der Waals surface area contributed by atoms with Gasteiger partial charge in [-0.05, 0) is 36.4 Å². The van der Waals surface area contributed by atoms with Gasteiger partial charge >= 0.3 is 0 Å². The van der Waals surface area contributed by atoms with E-state index in [1.807, 2.05) is 30.5 Å². The van der Waals surface area contributed by atoms with Gasteiger partial charge in [-0.15, -0.1) is 11.8 Å². The summed E-state index contributed by atoms with van der Waals surface area (Å²) in [6, 6.07) is 5.71. The normalized spacial score (nSPS) is 11.3. The SMILES string of the molecule is C=C/C=C(\SC)c1ccc(N)c(NC(=O)CCCCCC)c1. The zero-order valence-corrected chi connectivity index (χ0v) is 14.3. The molecule has 1 aromatic carbocycles. The molecule has 0 aliphatic rings. The molecular formula is C18H26N2OS. The van der Waals surface area contributed by atoms with E-state index in [1.54, 1.807) is 17.8 Å². The zero-order valence-electron chi connectivity index (χ0n) is 13.5. The number of anilines is 2. The molecule has 0 aliphatic carbocycles. The van der Waals surface area contributed by atoms with Gasteiger partial charge in [-0.25, -0.2) is 0 Å². The monoisotopic (exact) mass is 318 g/mol. The van der Waals surface area contributed by atoms with Gasteiger partial charge in [-0.1, -0.05) is 44.9 Å². The lowest BCUT2D eigenvalue weighted by molar-refractivity contribution is -0.116. The summed E-state index contributed by atoms with van der Waals surface area (Å²) >= 11 is 1.64. The first-order chi connectivity index (χ1) is 10.6. The molecule has 0 saturated carbocycles. The summed E-state index contributed by atoms with van der Waals surface area (Å²) in [4.78, 5) is 13.1. The van der Waals surface area contributed by atoms with Crippen LogP contribution in [0.1, 0.15) is 44.6 Å². The topological polar surface area (TPSA) is 55.1 Å². The molecule has 120 valence electrons. The van der Waals surface area contributed by atoms with E-state index in [2.05, 4.69) is 18.8 Å². The number of carbonyl (C=O) groups excluding carboxylic acids is 1. The molecule has 3 nitrogen and oxygen atoms in total. The number of benzene rings is 1. The van der Waals surface area contributed by atoms with Crippen molar-refractivity contribution < 1.29 is 4.79 Å². The van der Waals surface area contributed by atoms with Gasteiger partial charge in [0, 0.05) is 11.3 Å². The smallest absolute Gasteiger partial charge is 0.224 e. The van der Waals surface area contributed by atoms with Crippen LogP contribution < -0.4 is 11.1 Å². The lowest BCUT2D eigenvalue weighted by Crippen LogP contribution is -2.12. The van der Waals surface area contributed by atoms with Crippen LogP contribution in [0, 0.1) is 0 Å². The fraction of sp³-hybridized carbons (Fsp3) is 0.389. The summed E-state index contributed by atoms with van der Waals surface area (Å²) in [5.41, 5.74) is 8.27. The lowest BCUT2D eigenvalue weighted by atomic mass is 10.1. The molecular weight excluding hydrogens is 292 g/mol. The van der Waals surface area contributed by atoms with Crippen molar-refractivity contribution in [1.29, 1.82) is 0 Å². The molecule has 0 atom stereocenters. The van der Waals surface area contributed by atoms with Crippen LogP contribution in [0.2, 0.25) is 0 Å². The van der Waals surface area contributed by atoms with Crippen molar-refractivity contribution in [2.24, 2.45) is 0 Å². The standard InChI is InChI=1S/C18H26N2OS/c1-4-6-7-8-10-18(21)20-16-13-14(11-12-15(16)19)17(22-3)9-5-2/h5,9,11-13H,2,4,6-8,10,19H2,1,3H3,(H,20,21)/b17-9-. The van der Waals surface area contributed by atoms with Gasteiger partial charge in [0.1, 0.15) is 0 Å². The van der Waals surface area contributed by atoms with E-state index < -0.39 is 0 Å². The van der Waals surface area contributed by atoms with E-state index in [0.717, 1.165) is 23.3 Å². The van der Waals surface area contributed by atoms with Gasteiger partial charge in [0.2, 0.25) is 5.91 Å². The van der Waals surface area contributed by atoms with Gasteiger partial charge < -0.3 is 11.1 Å². The van der Waals surface area contributed by atoms with Crippen molar-refractivity contribution in [3.05, 3.63) is 42.5 Å². The molecule has 3 N–H and O–H groups in total. The number of allylic oxidation sites excluding steroid dienone is 2. The Hall–Kier alpha value is -1.68. The van der Waals surface area contributed by atoms with Crippen molar-refractivity contribution in [3.8, 4) is 0 Å². The van der Waals surface area contributed by atoms with Crippen LogP contribution in [0.15, 0.2) is 36.9 Å². The minimum absolute atomic E-state index is 0.0263. The molecule has 0 aromatic heterocycles. The first-order valence-corrected chi connectivity index (χ1v) is 8.91. The zero-order chi connectivity index (χ0) is 16.4. The number of thioether (sulfide) groups is 1. The van der Waals surface area contributed by atoms with Gasteiger partial charge in [0.15, 0.2) is 0 Å². The molecule has 0 fully saturated rings. The number of amides is 1. The average Bonchev–Trinajstić information content (AvgIpc) is 2.51. The lowest BCUT2D eigenvalue weighted by Gasteiger charge is -2.11. The molecule has 0 radical (unpaired) electrons. The van der Waals surface area contributed by atoms with Gasteiger partial charge in [-0.3, -0.25) is 4.79 Å². The van der Waals surface area contributed by atoms with Crippen LogP contribution >= 0.6 is 11.8 Å². The fourth-order valence-electron chi connectivity index (χ4n) is 2.13. The number of nitrogens with two attached hydrogens (primary N) is 1. The highest BCUT2D eigenvalue weighted by Crippen LogP contribution is 2.30. The van der Waals surface area contributed by atoms with Crippen LogP contribution in [0.3, 0.4) is 0 Å². The third kappa shape index (κ3) is 5.98. The van der Waals surface area contributed by atoms with Crippen LogP contribution in [-0.2, 0) is 4.79 Å². The second-order valence-corrected chi connectivity index (χ2v) is 5.98. The highest BCUT2D eigenvalue weighted by Gasteiger charge is 2.08. The first-order valence-electron chi connectivity index (χ1n) is 7.68. The van der Waals surface area contributed by atoms with E-state index in [9.17, 15) is 4.79 Å². The maximum atomic E-state index is 12.0. The Morgan fingerprint density at radius 2 is 2.14 bits per heavy atom. The van der Waals surface area contributed by atoms with Gasteiger partial charge in [0.05, 0.1) is 11.4 Å². The number of hydrogen-bond donors (Lipinski definition) is 2. The van der Waals surface area contributed by atoms with Crippen molar-refractivity contribution in [2.45, 2.75) is 39.0 Å². The Kier molecular flexibility index (Phi) is 8.44. The van der Waals surface area contributed by atoms with Crippen molar-refractivity contribution in [1.82, 2.24) is 0 Å². The molecule has 1 aromatic rings. The minimum Gasteiger partial charge on any atom is -0.397 e. The van der Waals surface area contributed by atoms with E-state index in [4.69, 9.17) is 5.73 Å². The molecule has 4 heteroatoms.